The van der Waals surface area contributed by atoms with Gasteiger partial charge in [0.1, 0.15) is 6.10 Å². The van der Waals surface area contributed by atoms with Crippen LogP contribution in [0.15, 0.2) is 72.8 Å². The first-order chi connectivity index (χ1) is 11.7. The van der Waals surface area contributed by atoms with Crippen molar-refractivity contribution in [2.45, 2.75) is 12.5 Å². The van der Waals surface area contributed by atoms with Crippen molar-refractivity contribution >= 4 is 5.78 Å². The summed E-state index contributed by atoms with van der Waals surface area (Å²) in [6.45, 7) is 0. The molecule has 118 valence electrons. The molecule has 1 N–H and O–H groups in total. The van der Waals surface area contributed by atoms with E-state index in [4.69, 9.17) is 4.74 Å². The molecule has 1 aliphatic rings. The maximum atomic E-state index is 12.5. The normalized spacial score (nSPS) is 12.9. The van der Waals surface area contributed by atoms with Crippen molar-refractivity contribution in [1.82, 2.24) is 0 Å². The molecule has 0 saturated heterocycles. The molecular weight excluding hydrogens is 300 g/mol. The van der Waals surface area contributed by atoms with Crippen LogP contribution in [0.1, 0.15) is 33.2 Å². The van der Waals surface area contributed by atoms with Gasteiger partial charge in [-0.15, -0.1) is 0 Å². The Morgan fingerprint density at radius 3 is 2.25 bits per heavy atom. The highest BCUT2D eigenvalue weighted by Gasteiger charge is 2.34. The second-order valence-corrected chi connectivity index (χ2v) is 5.87. The van der Waals surface area contributed by atoms with Gasteiger partial charge >= 0.3 is 0 Å². The van der Waals surface area contributed by atoms with Crippen molar-refractivity contribution in [1.29, 1.82) is 0 Å². The average molecular weight is 316 g/mol. The van der Waals surface area contributed by atoms with Crippen LogP contribution in [0.3, 0.4) is 0 Å². The van der Waals surface area contributed by atoms with E-state index in [1.165, 1.54) is 5.56 Å². The summed E-state index contributed by atoms with van der Waals surface area (Å²) in [7, 11) is 0. The number of ether oxygens (including phenoxy) is 1. The summed E-state index contributed by atoms with van der Waals surface area (Å²) in [6.07, 6.45) is -0.404. The van der Waals surface area contributed by atoms with E-state index in [2.05, 4.69) is 12.1 Å². The fourth-order valence-corrected chi connectivity index (χ4v) is 2.88. The van der Waals surface area contributed by atoms with Crippen molar-refractivity contribution in [3.8, 4) is 11.5 Å². The molecule has 0 amide bonds. The first-order valence-corrected chi connectivity index (χ1v) is 7.89. The van der Waals surface area contributed by atoms with Gasteiger partial charge in [-0.1, -0.05) is 66.7 Å². The molecule has 24 heavy (non-hydrogen) atoms. The van der Waals surface area contributed by atoms with Crippen LogP contribution in [-0.4, -0.2) is 10.9 Å². The molecule has 0 spiro atoms. The van der Waals surface area contributed by atoms with Crippen LogP contribution in [0.5, 0.6) is 11.5 Å². The van der Waals surface area contributed by atoms with Crippen LogP contribution < -0.4 is 4.74 Å². The maximum absolute atomic E-state index is 12.5. The molecule has 4 rings (SSSR count). The second kappa shape index (κ2) is 5.95. The Hall–Kier alpha value is -2.91. The standard InChI is InChI=1S/C21H16O3/c22-18(15-9-5-2-6-10-15)19(23)17-12-11-16(20-21(17)24-20)13-14-7-3-1-4-8-14/h1-12,18,22H,13H2. The fourth-order valence-electron chi connectivity index (χ4n) is 2.88. The Labute approximate surface area is 140 Å². The molecule has 3 heteroatoms. The van der Waals surface area contributed by atoms with Gasteiger partial charge in [-0.2, -0.15) is 0 Å². The fraction of sp³-hybridized carbons (Fsp3) is 0.0952. The summed E-state index contributed by atoms with van der Waals surface area (Å²) in [5, 5.41) is 10.3. The number of rotatable bonds is 5. The van der Waals surface area contributed by atoms with Crippen LogP contribution in [0.25, 0.3) is 0 Å². The van der Waals surface area contributed by atoms with E-state index in [0.717, 1.165) is 17.7 Å². The van der Waals surface area contributed by atoms with Crippen molar-refractivity contribution in [2.75, 3.05) is 0 Å². The molecule has 0 saturated carbocycles. The van der Waals surface area contributed by atoms with Crippen LogP contribution in [0.4, 0.5) is 0 Å². The van der Waals surface area contributed by atoms with E-state index in [9.17, 15) is 9.90 Å². The summed E-state index contributed by atoms with van der Waals surface area (Å²) in [5.41, 5.74) is 3.28. The van der Waals surface area contributed by atoms with E-state index >= 15 is 0 Å². The van der Waals surface area contributed by atoms with Gasteiger partial charge in [-0.25, -0.2) is 0 Å². The van der Waals surface area contributed by atoms with Gasteiger partial charge in [-0.3, -0.25) is 4.79 Å². The third-order valence-electron chi connectivity index (χ3n) is 4.22. The first-order valence-electron chi connectivity index (χ1n) is 7.89. The quantitative estimate of drug-likeness (QED) is 0.441. The van der Waals surface area contributed by atoms with Gasteiger partial charge in [0.2, 0.25) is 0 Å². The molecule has 3 nitrogen and oxygen atoms in total. The Balaban J connectivity index is 1.57. The number of ketones is 1. The molecule has 0 fully saturated rings. The van der Waals surface area contributed by atoms with Crippen molar-refractivity contribution < 1.29 is 14.6 Å². The highest BCUT2D eigenvalue weighted by atomic mass is 16.6. The minimum absolute atomic E-state index is 0.332. The summed E-state index contributed by atoms with van der Waals surface area (Å²) in [4.78, 5) is 12.5. The third kappa shape index (κ3) is 2.70. The Morgan fingerprint density at radius 1 is 0.875 bits per heavy atom. The zero-order valence-electron chi connectivity index (χ0n) is 13.0. The molecule has 1 unspecified atom stereocenters. The van der Waals surface area contributed by atoms with Crippen LogP contribution in [-0.2, 0) is 6.42 Å². The summed E-state index contributed by atoms with van der Waals surface area (Å²) in [6, 6.07) is 22.7. The lowest BCUT2D eigenvalue weighted by atomic mass is 9.97. The van der Waals surface area contributed by atoms with Gasteiger partial charge in [0.05, 0.1) is 5.56 Å². The molecule has 1 aliphatic heterocycles. The van der Waals surface area contributed by atoms with Gasteiger partial charge in [-0.05, 0) is 17.2 Å². The number of carbonyl (C=O) groups excluding carboxylic acids is 1. The van der Waals surface area contributed by atoms with Gasteiger partial charge in [0.25, 0.3) is 0 Å². The molecule has 3 aromatic rings. The number of hydrogen-bond acceptors (Lipinski definition) is 3. The lowest BCUT2D eigenvalue weighted by Crippen LogP contribution is -2.11. The molecule has 3 aromatic carbocycles. The molecule has 0 bridgehead atoms. The van der Waals surface area contributed by atoms with E-state index < -0.39 is 6.10 Å². The molecule has 1 heterocycles. The highest BCUT2D eigenvalue weighted by molar-refractivity contribution is 6.04. The minimum atomic E-state index is -1.17. The largest absolute Gasteiger partial charge is 0.448 e. The maximum Gasteiger partial charge on any atom is 0.199 e. The number of benzene rings is 3. The highest BCUT2D eigenvalue weighted by Crippen LogP contribution is 2.52. The summed E-state index contributed by atoms with van der Waals surface area (Å²) in [5.74, 6) is 1.04. The lowest BCUT2D eigenvalue weighted by molar-refractivity contribution is 0.0747. The monoisotopic (exact) mass is 316 g/mol. The molecule has 0 aliphatic carbocycles. The zero-order valence-corrected chi connectivity index (χ0v) is 13.0. The number of Topliss-reactive ketones (excluding diaryl/α,β-unsaturated/α-hetero) is 1. The van der Waals surface area contributed by atoms with E-state index in [-0.39, 0.29) is 5.78 Å². The SMILES string of the molecule is O=C(c1ccc(Cc2ccccc2)c2c1O2)C(O)c1ccccc1. The summed E-state index contributed by atoms with van der Waals surface area (Å²) < 4.78 is 5.55. The molecule has 0 radical (unpaired) electrons. The van der Waals surface area contributed by atoms with Crippen molar-refractivity contribution in [2.24, 2.45) is 0 Å². The Morgan fingerprint density at radius 2 is 1.54 bits per heavy atom. The first kappa shape index (κ1) is 14.7. The Kier molecular flexibility index (Phi) is 3.63. The number of aliphatic hydroxyl groups excluding tert-OH is 1. The van der Waals surface area contributed by atoms with Crippen molar-refractivity contribution in [3.63, 3.8) is 0 Å². The lowest BCUT2D eigenvalue weighted by Gasteiger charge is -2.09. The van der Waals surface area contributed by atoms with Gasteiger partial charge in [0.15, 0.2) is 17.3 Å². The van der Waals surface area contributed by atoms with E-state index in [1.807, 2.05) is 30.3 Å². The molecule has 1 atom stereocenters. The number of aliphatic hydroxyl groups is 1. The topological polar surface area (TPSA) is 49.8 Å². The predicted octanol–water partition coefficient (Wildman–Crippen LogP) is 4.30. The average Bonchev–Trinajstić information content (AvgIpc) is 3.44. The van der Waals surface area contributed by atoms with Crippen LogP contribution in [0.2, 0.25) is 0 Å². The summed E-state index contributed by atoms with van der Waals surface area (Å²) >= 11 is 0. The van der Waals surface area contributed by atoms with Crippen LogP contribution >= 0.6 is 0 Å². The second-order valence-electron chi connectivity index (χ2n) is 5.87. The van der Waals surface area contributed by atoms with Crippen molar-refractivity contribution in [3.05, 3.63) is 95.1 Å². The minimum Gasteiger partial charge on any atom is -0.448 e. The number of hydrogen-bond donors (Lipinski definition) is 1. The Bertz CT molecular complexity index is 886. The predicted molar refractivity (Wildman–Crippen MR) is 91.5 cm³/mol. The van der Waals surface area contributed by atoms with E-state index in [1.54, 1.807) is 30.3 Å². The smallest absolute Gasteiger partial charge is 0.199 e. The van der Waals surface area contributed by atoms with Crippen LogP contribution in [0, 0.1) is 0 Å². The van der Waals surface area contributed by atoms with E-state index in [0.29, 0.717) is 16.9 Å². The van der Waals surface area contributed by atoms with Gasteiger partial charge < -0.3 is 9.84 Å². The number of carbonyl (C=O) groups is 1. The molecular formula is C21H16O3. The molecule has 0 aromatic heterocycles. The zero-order chi connectivity index (χ0) is 16.5. The third-order valence-corrected chi connectivity index (χ3v) is 4.22. The van der Waals surface area contributed by atoms with Gasteiger partial charge in [0, 0.05) is 12.0 Å². The number of fused-ring (bicyclic) bond motifs is 1.